The topological polar surface area (TPSA) is 54.5 Å². The lowest BCUT2D eigenvalue weighted by atomic mass is 10.1. The van der Waals surface area contributed by atoms with Gasteiger partial charge in [0.2, 0.25) is 5.91 Å². The molecule has 6 heteroatoms. The Morgan fingerprint density at radius 2 is 1.75 bits per heavy atom. The molecule has 1 amide bonds. The molecule has 0 bridgehead atoms. The number of carbonyl (C=O) groups excluding carboxylic acids is 1. The van der Waals surface area contributed by atoms with Gasteiger partial charge in [0.05, 0.1) is 17.1 Å². The van der Waals surface area contributed by atoms with Crippen LogP contribution < -0.4 is 4.90 Å². The van der Waals surface area contributed by atoms with Crippen LogP contribution in [0.2, 0.25) is 0 Å². The predicted octanol–water partition coefficient (Wildman–Crippen LogP) is 3.21. The Morgan fingerprint density at radius 1 is 1.08 bits per heavy atom. The summed E-state index contributed by atoms with van der Waals surface area (Å²) >= 11 is 0. The molecule has 0 N–H and O–H groups in total. The maximum absolute atomic E-state index is 13.0. The molecule has 0 unspecified atom stereocenters. The third-order valence-electron chi connectivity index (χ3n) is 3.75. The van der Waals surface area contributed by atoms with Crippen LogP contribution in [0.4, 0.5) is 10.1 Å². The molecule has 128 valence electrons. The van der Waals surface area contributed by atoms with Gasteiger partial charge in [0.15, 0.2) is 9.84 Å². The number of carbonyl (C=O) groups is 1. The molecular weight excluding hydrogens is 329 g/mol. The van der Waals surface area contributed by atoms with Crippen LogP contribution in [0.3, 0.4) is 0 Å². The average Bonchev–Trinajstić information content (AvgIpc) is 2.57. The van der Waals surface area contributed by atoms with Crippen LogP contribution in [0.15, 0.2) is 53.4 Å². The number of halogens is 1. The second kappa shape index (κ2) is 7.57. The maximum atomic E-state index is 13.0. The van der Waals surface area contributed by atoms with E-state index in [1.807, 2.05) is 6.92 Å². The number of rotatable bonds is 6. The zero-order valence-electron chi connectivity index (χ0n) is 13.7. The Labute approximate surface area is 141 Å². The highest BCUT2D eigenvalue weighted by molar-refractivity contribution is 7.91. The Morgan fingerprint density at radius 3 is 2.33 bits per heavy atom. The fourth-order valence-corrected chi connectivity index (χ4v) is 3.36. The summed E-state index contributed by atoms with van der Waals surface area (Å²) in [5, 5.41) is 0. The number of sulfone groups is 1. The first kappa shape index (κ1) is 18.1. The van der Waals surface area contributed by atoms with E-state index in [4.69, 9.17) is 0 Å². The van der Waals surface area contributed by atoms with E-state index in [0.717, 1.165) is 0 Å². The van der Waals surface area contributed by atoms with Crippen molar-refractivity contribution in [2.45, 2.75) is 25.2 Å². The number of nitrogens with zero attached hydrogens (tertiary/aromatic N) is 1. The molecule has 2 aromatic carbocycles. The number of benzene rings is 2. The van der Waals surface area contributed by atoms with Gasteiger partial charge in [-0.1, -0.05) is 19.1 Å². The van der Waals surface area contributed by atoms with Gasteiger partial charge >= 0.3 is 0 Å². The Bertz CT molecular complexity index is 816. The van der Waals surface area contributed by atoms with Crippen molar-refractivity contribution in [1.29, 1.82) is 0 Å². The van der Waals surface area contributed by atoms with Crippen LogP contribution in [-0.2, 0) is 21.1 Å². The molecule has 0 spiro atoms. The molecule has 0 aliphatic heterocycles. The van der Waals surface area contributed by atoms with Crippen LogP contribution in [0.1, 0.15) is 19.4 Å². The highest BCUT2D eigenvalue weighted by atomic mass is 32.2. The first-order valence-electron chi connectivity index (χ1n) is 7.75. The molecular formula is C18H20FNO3S. The van der Waals surface area contributed by atoms with Gasteiger partial charge in [-0.2, -0.15) is 0 Å². The molecule has 24 heavy (non-hydrogen) atoms. The van der Waals surface area contributed by atoms with Crippen molar-refractivity contribution in [3.05, 3.63) is 59.9 Å². The van der Waals surface area contributed by atoms with E-state index in [1.54, 1.807) is 36.1 Å². The maximum Gasteiger partial charge on any atom is 0.231 e. The van der Waals surface area contributed by atoms with E-state index in [0.29, 0.717) is 17.8 Å². The summed E-state index contributed by atoms with van der Waals surface area (Å²) < 4.78 is 36.9. The lowest BCUT2D eigenvalue weighted by molar-refractivity contribution is -0.117. The molecule has 0 heterocycles. The van der Waals surface area contributed by atoms with Crippen molar-refractivity contribution in [3.63, 3.8) is 0 Å². The quantitative estimate of drug-likeness (QED) is 0.805. The van der Waals surface area contributed by atoms with Crippen LogP contribution in [-0.4, -0.2) is 26.6 Å². The highest BCUT2D eigenvalue weighted by Crippen LogP contribution is 2.18. The number of likely N-dealkylation sites (N-methyl/N-ethyl adjacent to an activating group) is 1. The normalized spacial score (nSPS) is 11.3. The van der Waals surface area contributed by atoms with Gasteiger partial charge in [-0.25, -0.2) is 12.8 Å². The minimum Gasteiger partial charge on any atom is -0.312 e. The van der Waals surface area contributed by atoms with Crippen molar-refractivity contribution in [2.24, 2.45) is 0 Å². The van der Waals surface area contributed by atoms with Gasteiger partial charge in [-0.15, -0.1) is 0 Å². The molecule has 0 atom stereocenters. The van der Waals surface area contributed by atoms with Crippen molar-refractivity contribution in [3.8, 4) is 0 Å². The number of hydrogen-bond donors (Lipinski definition) is 0. The molecule has 2 aromatic rings. The van der Waals surface area contributed by atoms with Crippen LogP contribution in [0.25, 0.3) is 0 Å². The third-order valence-corrected chi connectivity index (χ3v) is 5.48. The van der Waals surface area contributed by atoms with Crippen LogP contribution in [0, 0.1) is 5.82 Å². The van der Waals surface area contributed by atoms with Gasteiger partial charge in [-0.3, -0.25) is 4.79 Å². The zero-order valence-corrected chi connectivity index (χ0v) is 14.5. The van der Waals surface area contributed by atoms with Crippen molar-refractivity contribution < 1.29 is 17.6 Å². The van der Waals surface area contributed by atoms with E-state index < -0.39 is 9.84 Å². The number of hydrogen-bond acceptors (Lipinski definition) is 3. The minimum absolute atomic E-state index is 0.0149. The molecule has 0 saturated heterocycles. The Balaban J connectivity index is 2.22. The molecule has 4 nitrogen and oxygen atoms in total. The predicted molar refractivity (Wildman–Crippen MR) is 92.3 cm³/mol. The first-order chi connectivity index (χ1) is 11.4. The van der Waals surface area contributed by atoms with Gasteiger partial charge in [-0.05, 0) is 48.9 Å². The molecule has 2 rings (SSSR count). The lowest BCUT2D eigenvalue weighted by Gasteiger charge is -2.21. The summed E-state index contributed by atoms with van der Waals surface area (Å²) in [6.07, 6.45) is 0.0816. The van der Waals surface area contributed by atoms with Crippen LogP contribution >= 0.6 is 0 Å². The fourth-order valence-electron chi connectivity index (χ4n) is 2.41. The molecule has 0 aromatic heterocycles. The standard InChI is InChI=1S/C18H20FNO3S/c1-3-20(16-10-8-15(19)9-11-16)18(21)13-14-6-5-7-17(12-14)24(22,23)4-2/h5-12H,3-4,13H2,1-2H3. The SMILES string of the molecule is CCN(C(=O)Cc1cccc(S(=O)(=O)CC)c1)c1ccc(F)cc1. The van der Waals surface area contributed by atoms with Gasteiger partial charge in [0.1, 0.15) is 5.82 Å². The largest absolute Gasteiger partial charge is 0.312 e. The Kier molecular flexibility index (Phi) is 5.72. The van der Waals surface area contributed by atoms with E-state index in [9.17, 15) is 17.6 Å². The van der Waals surface area contributed by atoms with Gasteiger partial charge in [0.25, 0.3) is 0 Å². The van der Waals surface area contributed by atoms with E-state index in [-0.39, 0.29) is 28.8 Å². The summed E-state index contributed by atoms with van der Waals surface area (Å²) in [6.45, 7) is 3.86. The smallest absolute Gasteiger partial charge is 0.231 e. The summed E-state index contributed by atoms with van der Waals surface area (Å²) in [7, 11) is -3.31. The second-order valence-corrected chi connectivity index (χ2v) is 7.62. The molecule has 0 radical (unpaired) electrons. The minimum atomic E-state index is -3.31. The van der Waals surface area contributed by atoms with Crippen molar-refractivity contribution >= 4 is 21.4 Å². The van der Waals surface area contributed by atoms with Gasteiger partial charge in [0, 0.05) is 12.2 Å². The Hall–Kier alpha value is -2.21. The summed E-state index contributed by atoms with van der Waals surface area (Å²) in [5.74, 6) is -0.518. The molecule has 0 aliphatic carbocycles. The monoisotopic (exact) mass is 349 g/mol. The lowest BCUT2D eigenvalue weighted by Crippen LogP contribution is -2.32. The zero-order chi connectivity index (χ0) is 17.7. The third kappa shape index (κ3) is 4.20. The summed E-state index contributed by atoms with van der Waals surface area (Å²) in [6, 6.07) is 12.1. The van der Waals surface area contributed by atoms with Crippen LogP contribution in [0.5, 0.6) is 0 Å². The first-order valence-corrected chi connectivity index (χ1v) is 9.40. The number of amides is 1. The summed E-state index contributed by atoms with van der Waals surface area (Å²) in [4.78, 5) is 14.3. The van der Waals surface area contributed by atoms with Crippen molar-refractivity contribution in [1.82, 2.24) is 0 Å². The van der Waals surface area contributed by atoms with E-state index >= 15 is 0 Å². The molecule has 0 fully saturated rings. The second-order valence-electron chi connectivity index (χ2n) is 5.34. The fraction of sp³-hybridized carbons (Fsp3) is 0.278. The average molecular weight is 349 g/mol. The number of anilines is 1. The van der Waals surface area contributed by atoms with E-state index in [2.05, 4.69) is 0 Å². The summed E-state index contributed by atoms with van der Waals surface area (Å²) in [5.41, 5.74) is 1.25. The van der Waals surface area contributed by atoms with E-state index in [1.165, 1.54) is 24.3 Å². The van der Waals surface area contributed by atoms with Gasteiger partial charge < -0.3 is 4.90 Å². The molecule has 0 aliphatic rings. The highest BCUT2D eigenvalue weighted by Gasteiger charge is 2.17. The molecule has 0 saturated carbocycles. The van der Waals surface area contributed by atoms with Crippen molar-refractivity contribution in [2.75, 3.05) is 17.2 Å².